The summed E-state index contributed by atoms with van der Waals surface area (Å²) in [6.07, 6.45) is 4.73. The molecule has 20 heavy (non-hydrogen) atoms. The molecule has 110 valence electrons. The van der Waals surface area contributed by atoms with Crippen LogP contribution in [0.4, 0.5) is 0 Å². The van der Waals surface area contributed by atoms with Crippen LogP contribution in [0.3, 0.4) is 0 Å². The first kappa shape index (κ1) is 14.6. The maximum absolute atomic E-state index is 12.6. The van der Waals surface area contributed by atoms with Crippen molar-refractivity contribution in [2.75, 3.05) is 13.7 Å². The monoisotopic (exact) mass is 279 g/mol. The number of hydrogen-bond donors (Lipinski definition) is 0. The van der Waals surface area contributed by atoms with Crippen LogP contribution in [0.5, 0.6) is 0 Å². The van der Waals surface area contributed by atoms with Gasteiger partial charge in [0.2, 0.25) is 0 Å². The van der Waals surface area contributed by atoms with E-state index in [9.17, 15) is 9.59 Å². The Balaban J connectivity index is 2.17. The van der Waals surface area contributed by atoms with Gasteiger partial charge in [0.05, 0.1) is 25.3 Å². The Morgan fingerprint density at radius 2 is 2.20 bits per heavy atom. The predicted octanol–water partition coefficient (Wildman–Crippen LogP) is 1.29. The van der Waals surface area contributed by atoms with Crippen molar-refractivity contribution in [2.45, 2.75) is 38.6 Å². The van der Waals surface area contributed by atoms with Crippen LogP contribution >= 0.6 is 0 Å². The molecule has 1 unspecified atom stereocenters. The fourth-order valence-electron chi connectivity index (χ4n) is 2.62. The zero-order chi connectivity index (χ0) is 14.7. The van der Waals surface area contributed by atoms with Gasteiger partial charge in [-0.1, -0.05) is 0 Å². The first-order chi connectivity index (χ1) is 9.54. The quantitative estimate of drug-likeness (QED) is 0.782. The lowest BCUT2D eigenvalue weighted by atomic mass is 9.98. The van der Waals surface area contributed by atoms with Gasteiger partial charge < -0.3 is 9.64 Å². The van der Waals surface area contributed by atoms with Crippen molar-refractivity contribution < 1.29 is 14.3 Å². The number of aromatic nitrogens is 2. The van der Waals surface area contributed by atoms with Gasteiger partial charge in [-0.2, -0.15) is 5.10 Å². The molecule has 1 fully saturated rings. The third kappa shape index (κ3) is 2.84. The van der Waals surface area contributed by atoms with Crippen molar-refractivity contribution in [3.05, 3.63) is 17.5 Å². The van der Waals surface area contributed by atoms with Gasteiger partial charge >= 0.3 is 5.97 Å². The number of piperidine rings is 1. The molecule has 6 heteroatoms. The number of methoxy groups -OCH3 is 1. The van der Waals surface area contributed by atoms with E-state index in [-0.39, 0.29) is 24.3 Å². The van der Waals surface area contributed by atoms with E-state index in [1.807, 2.05) is 14.0 Å². The number of likely N-dealkylation sites (tertiary alicyclic amines) is 1. The summed E-state index contributed by atoms with van der Waals surface area (Å²) in [5.41, 5.74) is 1.46. The van der Waals surface area contributed by atoms with Gasteiger partial charge in [-0.15, -0.1) is 0 Å². The summed E-state index contributed by atoms with van der Waals surface area (Å²) in [4.78, 5) is 25.9. The number of hydrogen-bond acceptors (Lipinski definition) is 4. The third-order valence-corrected chi connectivity index (χ3v) is 3.98. The minimum Gasteiger partial charge on any atom is -0.469 e. The van der Waals surface area contributed by atoms with Crippen molar-refractivity contribution >= 4 is 11.9 Å². The Labute approximate surface area is 118 Å². The summed E-state index contributed by atoms with van der Waals surface area (Å²) >= 11 is 0. The van der Waals surface area contributed by atoms with Gasteiger partial charge in [0, 0.05) is 25.3 Å². The maximum Gasteiger partial charge on any atom is 0.307 e. The van der Waals surface area contributed by atoms with E-state index in [0.29, 0.717) is 12.1 Å². The topological polar surface area (TPSA) is 64.4 Å². The number of amides is 1. The average Bonchev–Trinajstić information content (AvgIpc) is 2.79. The predicted molar refractivity (Wildman–Crippen MR) is 73.3 cm³/mol. The van der Waals surface area contributed by atoms with Crippen molar-refractivity contribution in [3.8, 4) is 0 Å². The molecule has 0 bridgehead atoms. The molecule has 0 radical (unpaired) electrons. The molecule has 0 aliphatic carbocycles. The number of carbonyl (C=O) groups excluding carboxylic acids is 2. The van der Waals surface area contributed by atoms with Crippen molar-refractivity contribution in [3.63, 3.8) is 0 Å². The lowest BCUT2D eigenvalue weighted by Crippen LogP contribution is -2.45. The summed E-state index contributed by atoms with van der Waals surface area (Å²) in [6.45, 7) is 2.56. The first-order valence-corrected chi connectivity index (χ1v) is 6.91. The zero-order valence-corrected chi connectivity index (χ0v) is 12.3. The molecule has 0 aromatic carbocycles. The van der Waals surface area contributed by atoms with Crippen molar-refractivity contribution in [1.82, 2.24) is 14.7 Å². The van der Waals surface area contributed by atoms with Gasteiger partial charge in [0.15, 0.2) is 0 Å². The summed E-state index contributed by atoms with van der Waals surface area (Å²) in [7, 11) is 3.19. The van der Waals surface area contributed by atoms with E-state index < -0.39 is 0 Å². The van der Waals surface area contributed by atoms with Crippen LogP contribution in [-0.4, -0.2) is 46.3 Å². The SMILES string of the molecule is COC(=O)CC1CCCCN1C(=O)c1cnn(C)c1C. The molecule has 1 atom stereocenters. The summed E-state index contributed by atoms with van der Waals surface area (Å²) in [5.74, 6) is -0.304. The van der Waals surface area contributed by atoms with E-state index in [1.165, 1.54) is 7.11 Å². The molecule has 6 nitrogen and oxygen atoms in total. The summed E-state index contributed by atoms with van der Waals surface area (Å²) < 4.78 is 6.41. The van der Waals surface area contributed by atoms with Crippen molar-refractivity contribution in [1.29, 1.82) is 0 Å². The van der Waals surface area contributed by atoms with Gasteiger partial charge in [0.1, 0.15) is 0 Å². The van der Waals surface area contributed by atoms with E-state index in [0.717, 1.165) is 25.0 Å². The van der Waals surface area contributed by atoms with Crippen LogP contribution in [0.25, 0.3) is 0 Å². The normalized spacial score (nSPS) is 18.9. The molecule has 1 aromatic heterocycles. The minimum atomic E-state index is -0.266. The van der Waals surface area contributed by atoms with Crippen LogP contribution in [0.1, 0.15) is 41.7 Å². The second-order valence-corrected chi connectivity index (χ2v) is 5.20. The average molecular weight is 279 g/mol. The molecule has 1 aromatic rings. The molecule has 1 aliphatic heterocycles. The molecule has 1 amide bonds. The van der Waals surface area contributed by atoms with E-state index in [4.69, 9.17) is 4.74 Å². The number of nitrogens with zero attached hydrogens (tertiary/aromatic N) is 3. The molecule has 1 saturated heterocycles. The van der Waals surface area contributed by atoms with Crippen LogP contribution in [0, 0.1) is 6.92 Å². The smallest absolute Gasteiger partial charge is 0.307 e. The highest BCUT2D eigenvalue weighted by molar-refractivity contribution is 5.95. The van der Waals surface area contributed by atoms with Gasteiger partial charge in [-0.05, 0) is 26.2 Å². The highest BCUT2D eigenvalue weighted by atomic mass is 16.5. The Morgan fingerprint density at radius 3 is 2.80 bits per heavy atom. The van der Waals surface area contributed by atoms with Gasteiger partial charge in [0.25, 0.3) is 5.91 Å². The highest BCUT2D eigenvalue weighted by Gasteiger charge is 2.30. The van der Waals surface area contributed by atoms with Crippen LogP contribution in [-0.2, 0) is 16.6 Å². The van der Waals surface area contributed by atoms with Crippen LogP contribution in [0.15, 0.2) is 6.20 Å². The number of carbonyl (C=O) groups is 2. The lowest BCUT2D eigenvalue weighted by Gasteiger charge is -2.35. The summed E-state index contributed by atoms with van der Waals surface area (Å²) in [5, 5.41) is 4.11. The minimum absolute atomic E-state index is 0.0378. The molecule has 2 heterocycles. The van der Waals surface area contributed by atoms with Gasteiger partial charge in [-0.3, -0.25) is 14.3 Å². The van der Waals surface area contributed by atoms with Crippen molar-refractivity contribution in [2.24, 2.45) is 7.05 Å². The molecular formula is C14H21N3O3. The van der Waals surface area contributed by atoms with Gasteiger partial charge in [-0.25, -0.2) is 0 Å². The number of esters is 1. The van der Waals surface area contributed by atoms with E-state index in [2.05, 4.69) is 5.10 Å². The zero-order valence-electron chi connectivity index (χ0n) is 12.3. The van der Waals surface area contributed by atoms with Crippen LogP contribution < -0.4 is 0 Å². The summed E-state index contributed by atoms with van der Waals surface area (Å²) in [6, 6.07) is -0.0664. The van der Waals surface area contributed by atoms with E-state index >= 15 is 0 Å². The Kier molecular flexibility index (Phi) is 4.42. The first-order valence-electron chi connectivity index (χ1n) is 6.91. The maximum atomic E-state index is 12.6. The number of ether oxygens (including phenoxy) is 1. The second-order valence-electron chi connectivity index (χ2n) is 5.20. The Morgan fingerprint density at radius 1 is 1.45 bits per heavy atom. The third-order valence-electron chi connectivity index (χ3n) is 3.98. The lowest BCUT2D eigenvalue weighted by molar-refractivity contribution is -0.142. The molecule has 2 rings (SSSR count). The standard InChI is InChI=1S/C14H21N3O3/c1-10-12(9-15-16(10)2)14(19)17-7-5-4-6-11(17)8-13(18)20-3/h9,11H,4-8H2,1-3H3. The Hall–Kier alpha value is -1.85. The van der Waals surface area contributed by atoms with E-state index in [1.54, 1.807) is 15.8 Å². The number of aryl methyl sites for hydroxylation is 1. The number of rotatable bonds is 3. The molecule has 0 N–H and O–H groups in total. The molecule has 1 aliphatic rings. The second kappa shape index (κ2) is 6.07. The largest absolute Gasteiger partial charge is 0.469 e. The molecular weight excluding hydrogens is 258 g/mol. The fraction of sp³-hybridized carbons (Fsp3) is 0.643. The van der Waals surface area contributed by atoms with Crippen LogP contribution in [0.2, 0.25) is 0 Å². The fourth-order valence-corrected chi connectivity index (χ4v) is 2.62. The highest BCUT2D eigenvalue weighted by Crippen LogP contribution is 2.23. The molecule has 0 saturated carbocycles. The molecule has 0 spiro atoms. The Bertz CT molecular complexity index is 510.